The zero-order chi connectivity index (χ0) is 43.6. The van der Waals surface area contributed by atoms with Crippen molar-refractivity contribution in [2.75, 3.05) is 26.7 Å². The molecule has 0 unspecified atom stereocenters. The Morgan fingerprint density at radius 1 is 0.968 bits per heavy atom. The average molecular weight is 910 g/mol. The number of nitrogens with zero attached hydrogens (tertiary/aromatic N) is 3. The van der Waals surface area contributed by atoms with Gasteiger partial charge < -0.3 is 24.5 Å². The third-order valence-corrected chi connectivity index (χ3v) is 15.8. The van der Waals surface area contributed by atoms with Crippen LogP contribution in [0.3, 0.4) is 0 Å². The fraction of sp³-hybridized carbons (Fsp3) is 0.404. The lowest BCUT2D eigenvalue weighted by atomic mass is 9.95. The Labute approximate surface area is 375 Å². The van der Waals surface area contributed by atoms with Gasteiger partial charge in [-0.3, -0.25) is 19.2 Å². The summed E-state index contributed by atoms with van der Waals surface area (Å²) in [5, 5.41) is 18.1. The van der Waals surface area contributed by atoms with E-state index in [1.807, 2.05) is 36.4 Å². The average Bonchev–Trinajstić information content (AvgIpc) is 3.69. The number of pyridine rings is 1. The molecule has 1 saturated carbocycles. The van der Waals surface area contributed by atoms with Gasteiger partial charge >= 0.3 is 0 Å². The SMILES string of the molecule is COc1nc(O[C@H]2CCc3c(-c4cccc(-c5cc6cc7c(c(C#N)c6o5)CC[C@H]7N5CC[C@@H](C(=O)NS(=O)(=O)C6CC6)C5)c4Cl)cccc32)c(Cl)cc1CNC[C@H]1CCC(=O)N1. The number of benzene rings is 3. The number of furan rings is 1. The molecule has 2 saturated heterocycles. The molecule has 16 heteroatoms. The Balaban J connectivity index is 0.875. The first-order valence-corrected chi connectivity index (χ1v) is 23.9. The van der Waals surface area contributed by atoms with Gasteiger partial charge in [-0.1, -0.05) is 53.5 Å². The highest BCUT2D eigenvalue weighted by molar-refractivity contribution is 7.90. The molecule has 5 aromatic rings. The summed E-state index contributed by atoms with van der Waals surface area (Å²) in [6.45, 7) is 2.22. The maximum Gasteiger partial charge on any atom is 0.237 e. The predicted molar refractivity (Wildman–Crippen MR) is 238 cm³/mol. The lowest BCUT2D eigenvalue weighted by Crippen LogP contribution is -2.38. The molecule has 326 valence electrons. The van der Waals surface area contributed by atoms with E-state index in [0.29, 0.717) is 103 Å². The summed E-state index contributed by atoms with van der Waals surface area (Å²) in [6, 6.07) is 20.4. The van der Waals surface area contributed by atoms with Gasteiger partial charge in [0.25, 0.3) is 0 Å². The minimum atomic E-state index is -3.61. The number of ether oxygens (including phenoxy) is 2. The van der Waals surface area contributed by atoms with E-state index >= 15 is 0 Å². The van der Waals surface area contributed by atoms with Gasteiger partial charge in [-0.15, -0.1) is 0 Å². The highest BCUT2D eigenvalue weighted by atomic mass is 35.5. The number of nitrogens with one attached hydrogen (secondary N) is 3. The molecule has 2 aliphatic heterocycles. The van der Waals surface area contributed by atoms with Gasteiger partial charge in [0, 0.05) is 60.2 Å². The first-order chi connectivity index (χ1) is 30.5. The molecule has 3 aromatic carbocycles. The van der Waals surface area contributed by atoms with Crippen LogP contribution in [0.1, 0.15) is 90.5 Å². The molecule has 10 rings (SSSR count). The van der Waals surface area contributed by atoms with Crippen molar-refractivity contribution in [3.63, 3.8) is 0 Å². The van der Waals surface area contributed by atoms with Crippen LogP contribution in [0.4, 0.5) is 0 Å². The van der Waals surface area contributed by atoms with Crippen molar-refractivity contribution in [1.29, 1.82) is 5.26 Å². The molecular formula is C47H46Cl2N6O7S. The molecule has 63 heavy (non-hydrogen) atoms. The van der Waals surface area contributed by atoms with Gasteiger partial charge in [-0.2, -0.15) is 10.2 Å². The molecule has 3 aliphatic carbocycles. The maximum atomic E-state index is 13.0. The normalized spacial score (nSPS) is 21.9. The molecule has 0 radical (unpaired) electrons. The van der Waals surface area contributed by atoms with E-state index in [-0.39, 0.29) is 30.0 Å². The number of likely N-dealkylation sites (tertiary alicyclic amines) is 1. The Kier molecular flexibility index (Phi) is 11.1. The summed E-state index contributed by atoms with van der Waals surface area (Å²) in [5.74, 6) is 0.493. The summed E-state index contributed by atoms with van der Waals surface area (Å²) in [7, 11) is -2.04. The Bertz CT molecular complexity index is 2840. The van der Waals surface area contributed by atoms with E-state index in [1.165, 1.54) is 0 Å². The van der Waals surface area contributed by atoms with Crippen LogP contribution in [0.15, 0.2) is 59.0 Å². The monoisotopic (exact) mass is 908 g/mol. The van der Waals surface area contributed by atoms with E-state index in [1.54, 1.807) is 7.11 Å². The zero-order valence-corrected chi connectivity index (χ0v) is 37.0. The maximum absolute atomic E-state index is 13.0. The summed E-state index contributed by atoms with van der Waals surface area (Å²) < 4.78 is 45.9. The van der Waals surface area contributed by atoms with Crippen LogP contribution < -0.4 is 24.8 Å². The number of fused-ring (bicyclic) bond motifs is 3. The summed E-state index contributed by atoms with van der Waals surface area (Å²) in [5.41, 5.74) is 8.49. The van der Waals surface area contributed by atoms with E-state index in [0.717, 1.165) is 63.6 Å². The minimum Gasteiger partial charge on any atom is -0.481 e. The van der Waals surface area contributed by atoms with Gasteiger partial charge in [0.2, 0.25) is 33.6 Å². The van der Waals surface area contributed by atoms with Gasteiger partial charge in [0.05, 0.1) is 28.9 Å². The lowest BCUT2D eigenvalue weighted by molar-refractivity contribution is -0.123. The molecule has 2 amide bonds. The number of sulfonamides is 1. The molecule has 13 nitrogen and oxygen atoms in total. The second kappa shape index (κ2) is 16.8. The Morgan fingerprint density at radius 3 is 2.54 bits per heavy atom. The second-order valence-electron chi connectivity index (χ2n) is 17.3. The quantitative estimate of drug-likeness (QED) is 0.106. The predicted octanol–water partition coefficient (Wildman–Crippen LogP) is 7.70. The minimum absolute atomic E-state index is 0.00177. The molecular weight excluding hydrogens is 864 g/mol. The van der Waals surface area contributed by atoms with Crippen LogP contribution in [0.5, 0.6) is 11.8 Å². The molecule has 4 atom stereocenters. The lowest BCUT2D eigenvalue weighted by Gasteiger charge is -2.25. The van der Waals surface area contributed by atoms with Gasteiger partial charge in [-0.25, -0.2) is 8.42 Å². The summed E-state index contributed by atoms with van der Waals surface area (Å²) >= 11 is 14.1. The Morgan fingerprint density at radius 2 is 1.76 bits per heavy atom. The van der Waals surface area contributed by atoms with Crippen LogP contribution >= 0.6 is 23.2 Å². The topological polar surface area (TPSA) is 176 Å². The number of hydrogen-bond donors (Lipinski definition) is 3. The van der Waals surface area contributed by atoms with E-state index < -0.39 is 27.1 Å². The van der Waals surface area contributed by atoms with Gasteiger partial charge in [-0.05, 0) is 110 Å². The number of aromatic nitrogens is 1. The first-order valence-electron chi connectivity index (χ1n) is 21.6. The molecule has 0 bridgehead atoms. The fourth-order valence-electron chi connectivity index (χ4n) is 9.99. The number of nitriles is 1. The standard InChI is InChI=1S/C47H46Cl2N6O7S/c1-60-46-27(22-51-23-28-8-15-42(56)52-28)19-38(48)47(53-46)62-40-14-12-31-30(4-2-5-33(31)40)34-6-3-7-35(43(34)49)41-20-26-18-36-32(37(21-50)44(26)61-41)11-13-39(36)55-17-16-25(24-55)45(57)54-63(58,59)29-9-10-29/h2-7,18-20,25,28-29,39-40,51H,8-17,22-24H2,1H3,(H,52,56)(H,54,57)/t25-,28-,39-,40+/m1/s1. The van der Waals surface area contributed by atoms with E-state index in [4.69, 9.17) is 37.1 Å². The third kappa shape index (κ3) is 7.92. The van der Waals surface area contributed by atoms with Crippen LogP contribution in [0, 0.1) is 17.2 Å². The second-order valence-corrected chi connectivity index (χ2v) is 20.0. The molecule has 5 aliphatic rings. The van der Waals surface area contributed by atoms with Crippen molar-refractivity contribution in [3.8, 4) is 40.3 Å². The van der Waals surface area contributed by atoms with Crippen LogP contribution in [-0.2, 0) is 39.0 Å². The number of carbonyl (C=O) groups is 2. The third-order valence-electron chi connectivity index (χ3n) is 13.3. The number of carbonyl (C=O) groups excluding carboxylic acids is 2. The van der Waals surface area contributed by atoms with Gasteiger partial charge in [0.15, 0.2) is 5.58 Å². The number of rotatable bonds is 13. The number of hydrogen-bond acceptors (Lipinski definition) is 11. The Hall–Kier alpha value is -5.17. The largest absolute Gasteiger partial charge is 0.481 e. The van der Waals surface area contributed by atoms with Crippen LogP contribution in [0.25, 0.3) is 33.4 Å². The smallest absolute Gasteiger partial charge is 0.237 e. The first kappa shape index (κ1) is 41.8. The molecule has 0 spiro atoms. The van der Waals surface area contributed by atoms with Crippen LogP contribution in [-0.4, -0.2) is 68.2 Å². The molecule has 4 heterocycles. The molecule has 3 N–H and O–H groups in total. The van der Waals surface area contributed by atoms with Crippen molar-refractivity contribution in [1.82, 2.24) is 25.2 Å². The van der Waals surface area contributed by atoms with Crippen molar-refractivity contribution >= 4 is 56.0 Å². The van der Waals surface area contributed by atoms with E-state index in [9.17, 15) is 23.3 Å². The van der Waals surface area contributed by atoms with Crippen molar-refractivity contribution in [2.45, 2.75) is 87.8 Å². The van der Waals surface area contributed by atoms with E-state index in [2.05, 4.69) is 49.5 Å². The molecule has 3 fully saturated rings. The fourth-order valence-corrected chi connectivity index (χ4v) is 11.9. The number of halogens is 2. The van der Waals surface area contributed by atoms with Crippen molar-refractivity contribution in [3.05, 3.63) is 98.0 Å². The van der Waals surface area contributed by atoms with Crippen molar-refractivity contribution < 1.29 is 31.9 Å². The number of methoxy groups -OCH3 is 1. The van der Waals surface area contributed by atoms with Crippen LogP contribution in [0.2, 0.25) is 10.0 Å². The highest BCUT2D eigenvalue weighted by Crippen LogP contribution is 2.47. The zero-order valence-electron chi connectivity index (χ0n) is 34.6. The summed E-state index contributed by atoms with van der Waals surface area (Å²) in [4.78, 5) is 31.5. The summed E-state index contributed by atoms with van der Waals surface area (Å²) in [6.07, 6.45) is 5.76. The number of amides is 2. The van der Waals surface area contributed by atoms with Crippen molar-refractivity contribution in [2.24, 2.45) is 5.92 Å². The highest BCUT2D eigenvalue weighted by Gasteiger charge is 2.41. The van der Waals surface area contributed by atoms with Gasteiger partial charge in [0.1, 0.15) is 23.0 Å². The molecule has 2 aromatic heterocycles.